The van der Waals surface area contributed by atoms with Crippen LogP contribution in [-0.2, 0) is 5.11 Å². The van der Waals surface area contributed by atoms with E-state index >= 15 is 0 Å². The lowest BCUT2D eigenvalue weighted by Crippen LogP contribution is -1.80. The highest BCUT2D eigenvalue weighted by Crippen LogP contribution is 2.01. The van der Waals surface area contributed by atoms with Crippen LogP contribution in [0.15, 0.2) is 11.6 Å². The summed E-state index contributed by atoms with van der Waals surface area (Å²) >= 11 is 0. The molecule has 8 heavy (non-hydrogen) atoms. The van der Waals surface area contributed by atoms with Crippen LogP contribution in [0.25, 0.3) is 0 Å². The molecule has 0 bridgehead atoms. The molecule has 0 aromatic carbocycles. The normalized spacial score (nSPS) is 12.1. The molecule has 0 aromatic heterocycles. The van der Waals surface area contributed by atoms with Crippen molar-refractivity contribution >= 4 is 0 Å². The van der Waals surface area contributed by atoms with Crippen molar-refractivity contribution in [1.82, 2.24) is 0 Å². The van der Waals surface area contributed by atoms with Gasteiger partial charge in [-0.25, -0.2) is 5.11 Å². The van der Waals surface area contributed by atoms with Crippen LogP contribution in [-0.4, -0.2) is 6.61 Å². The molecule has 0 saturated carbocycles. The van der Waals surface area contributed by atoms with Gasteiger partial charge >= 0.3 is 0 Å². The second kappa shape index (κ2) is 4.85. The number of allylic oxidation sites excluding steroid dienone is 2. The fourth-order valence-electron chi connectivity index (χ4n) is 0.495. The third-order valence-electron chi connectivity index (χ3n) is 1.21. The first kappa shape index (κ1) is 7.70. The third-order valence-corrected chi connectivity index (χ3v) is 1.21. The van der Waals surface area contributed by atoms with Crippen LogP contribution >= 0.6 is 0 Å². The maximum absolute atomic E-state index is 9.92. The maximum Gasteiger partial charge on any atom is 0.0825 e. The molecule has 0 fully saturated rings. The lowest BCUT2D eigenvalue weighted by molar-refractivity contribution is 0.189. The fraction of sp³-hybridized carbons (Fsp3) is 0.714. The molecule has 0 aliphatic rings. The smallest absolute Gasteiger partial charge is 0.0825 e. The Kier molecular flexibility index (Phi) is 4.67. The van der Waals surface area contributed by atoms with Gasteiger partial charge in [0.05, 0.1) is 6.61 Å². The van der Waals surface area contributed by atoms with Crippen molar-refractivity contribution in [2.24, 2.45) is 0 Å². The molecule has 0 saturated heterocycles. The highest BCUT2D eigenvalue weighted by molar-refractivity contribution is 4.94. The third kappa shape index (κ3) is 3.88. The Morgan fingerprint density at radius 3 is 2.62 bits per heavy atom. The van der Waals surface area contributed by atoms with Gasteiger partial charge in [-0.1, -0.05) is 11.6 Å². The fourth-order valence-corrected chi connectivity index (χ4v) is 0.495. The van der Waals surface area contributed by atoms with E-state index in [0.29, 0.717) is 0 Å². The first-order valence-electron chi connectivity index (χ1n) is 3.01. The van der Waals surface area contributed by atoms with Crippen LogP contribution in [0.2, 0.25) is 0 Å². The Balaban J connectivity index is 3.12. The van der Waals surface area contributed by atoms with Crippen LogP contribution in [0.4, 0.5) is 0 Å². The molecule has 1 heteroatoms. The Labute approximate surface area is 51.0 Å². The van der Waals surface area contributed by atoms with Gasteiger partial charge in [-0.3, -0.25) is 0 Å². The summed E-state index contributed by atoms with van der Waals surface area (Å²) in [7, 11) is 0. The molecule has 0 aliphatic heterocycles. The van der Waals surface area contributed by atoms with Gasteiger partial charge in [0.2, 0.25) is 0 Å². The molecule has 1 nitrogen and oxygen atoms in total. The Morgan fingerprint density at radius 2 is 2.25 bits per heavy atom. The number of rotatable bonds is 3. The van der Waals surface area contributed by atoms with E-state index in [0.717, 1.165) is 12.8 Å². The summed E-state index contributed by atoms with van der Waals surface area (Å²) in [6.45, 7) is 4.11. The topological polar surface area (TPSA) is 19.9 Å². The van der Waals surface area contributed by atoms with Crippen molar-refractivity contribution in [2.45, 2.75) is 26.7 Å². The largest absolute Gasteiger partial charge is 0.237 e. The van der Waals surface area contributed by atoms with E-state index in [-0.39, 0.29) is 6.61 Å². The minimum Gasteiger partial charge on any atom is -0.237 e. The number of hydrogen-bond acceptors (Lipinski definition) is 0. The molecule has 0 aliphatic carbocycles. The summed E-state index contributed by atoms with van der Waals surface area (Å²) in [4.78, 5) is 0. The van der Waals surface area contributed by atoms with Crippen molar-refractivity contribution in [3.05, 3.63) is 11.6 Å². The molecular weight excluding hydrogens is 100 g/mol. The molecule has 0 spiro atoms. The van der Waals surface area contributed by atoms with Crippen LogP contribution in [0, 0.1) is 0 Å². The summed E-state index contributed by atoms with van der Waals surface area (Å²) in [6, 6.07) is 0. The SMILES string of the molecule is C/C=C(\C)CCC[O]. The van der Waals surface area contributed by atoms with Gasteiger partial charge in [0.15, 0.2) is 0 Å². The van der Waals surface area contributed by atoms with Crippen LogP contribution in [0.1, 0.15) is 26.7 Å². The monoisotopic (exact) mass is 113 g/mol. The first-order chi connectivity index (χ1) is 3.81. The zero-order valence-electron chi connectivity index (χ0n) is 5.61. The van der Waals surface area contributed by atoms with Crippen molar-refractivity contribution in [1.29, 1.82) is 0 Å². The Hall–Kier alpha value is -0.300. The van der Waals surface area contributed by atoms with Crippen molar-refractivity contribution in [3.63, 3.8) is 0 Å². The van der Waals surface area contributed by atoms with Crippen LogP contribution in [0.5, 0.6) is 0 Å². The molecule has 1 radical (unpaired) electrons. The molecule has 47 valence electrons. The zero-order chi connectivity index (χ0) is 6.41. The molecule has 0 N–H and O–H groups in total. The van der Waals surface area contributed by atoms with Gasteiger partial charge in [-0.05, 0) is 26.7 Å². The van der Waals surface area contributed by atoms with E-state index in [1.807, 2.05) is 6.92 Å². The lowest BCUT2D eigenvalue weighted by atomic mass is 10.2. The first-order valence-corrected chi connectivity index (χ1v) is 3.01. The van der Waals surface area contributed by atoms with E-state index in [1.165, 1.54) is 5.57 Å². The summed E-state index contributed by atoms with van der Waals surface area (Å²) in [5, 5.41) is 9.92. The van der Waals surface area contributed by atoms with E-state index in [9.17, 15) is 5.11 Å². The van der Waals surface area contributed by atoms with Crippen LogP contribution < -0.4 is 0 Å². The Morgan fingerprint density at radius 1 is 1.62 bits per heavy atom. The zero-order valence-corrected chi connectivity index (χ0v) is 5.61. The van der Waals surface area contributed by atoms with Crippen molar-refractivity contribution in [2.75, 3.05) is 6.61 Å². The summed E-state index contributed by atoms with van der Waals surface area (Å²) in [5.41, 5.74) is 1.32. The maximum atomic E-state index is 9.92. The summed E-state index contributed by atoms with van der Waals surface area (Å²) < 4.78 is 0. The predicted octanol–water partition coefficient (Wildman–Crippen LogP) is 2.16. The minimum atomic E-state index is 0.0607. The summed E-state index contributed by atoms with van der Waals surface area (Å²) in [5.74, 6) is 0. The molecule has 0 amide bonds. The van der Waals surface area contributed by atoms with Crippen molar-refractivity contribution in [3.8, 4) is 0 Å². The van der Waals surface area contributed by atoms with E-state index < -0.39 is 0 Å². The molecule has 0 aromatic rings. The highest BCUT2D eigenvalue weighted by Gasteiger charge is 1.85. The summed E-state index contributed by atoms with van der Waals surface area (Å²) in [6.07, 6.45) is 3.81. The predicted molar refractivity (Wildman–Crippen MR) is 34.2 cm³/mol. The average molecular weight is 113 g/mol. The molecular formula is C7H13O. The molecule has 0 atom stereocenters. The minimum absolute atomic E-state index is 0.0607. The van der Waals surface area contributed by atoms with E-state index in [1.54, 1.807) is 0 Å². The Bertz CT molecular complexity index is 74.5. The van der Waals surface area contributed by atoms with E-state index in [2.05, 4.69) is 13.0 Å². The quantitative estimate of drug-likeness (QED) is 0.500. The molecule has 0 rings (SSSR count). The lowest BCUT2D eigenvalue weighted by Gasteiger charge is -1.93. The second-order valence-corrected chi connectivity index (χ2v) is 1.94. The standard InChI is InChI=1S/C7H13O/c1-3-7(2)5-4-6-8/h3H,4-6H2,1-2H3/b7-3+. The van der Waals surface area contributed by atoms with Gasteiger partial charge in [-0.15, -0.1) is 0 Å². The average Bonchev–Trinajstić information content (AvgIpc) is 1.83. The van der Waals surface area contributed by atoms with Crippen LogP contribution in [0.3, 0.4) is 0 Å². The van der Waals surface area contributed by atoms with Gasteiger partial charge in [-0.2, -0.15) is 0 Å². The van der Waals surface area contributed by atoms with Gasteiger partial charge < -0.3 is 0 Å². The van der Waals surface area contributed by atoms with Gasteiger partial charge in [0, 0.05) is 0 Å². The second-order valence-electron chi connectivity index (χ2n) is 1.94. The van der Waals surface area contributed by atoms with Gasteiger partial charge in [0.1, 0.15) is 0 Å². The van der Waals surface area contributed by atoms with Gasteiger partial charge in [0.25, 0.3) is 0 Å². The molecule has 0 heterocycles. The highest BCUT2D eigenvalue weighted by atomic mass is 16.2. The number of hydrogen-bond donors (Lipinski definition) is 0. The van der Waals surface area contributed by atoms with E-state index in [4.69, 9.17) is 0 Å². The van der Waals surface area contributed by atoms with Crippen molar-refractivity contribution < 1.29 is 5.11 Å². The molecule has 0 unspecified atom stereocenters.